The van der Waals surface area contributed by atoms with E-state index in [0.29, 0.717) is 5.75 Å². The van der Waals surface area contributed by atoms with Crippen LogP contribution in [0, 0.1) is 13.8 Å². The number of carbonyl (C=O) groups excluding carboxylic acids is 2. The number of ether oxygens (including phenoxy) is 3. The van der Waals surface area contributed by atoms with Crippen molar-refractivity contribution in [2.24, 2.45) is 0 Å². The van der Waals surface area contributed by atoms with Gasteiger partial charge >= 0.3 is 11.9 Å². The van der Waals surface area contributed by atoms with Crippen molar-refractivity contribution < 1.29 is 23.8 Å². The van der Waals surface area contributed by atoms with Gasteiger partial charge in [0.05, 0.1) is 7.11 Å². The smallest absolute Gasteiger partial charge is 0.349 e. The number of hydrogen-bond acceptors (Lipinski definition) is 5. The minimum atomic E-state index is -0.604. The zero-order valence-electron chi connectivity index (χ0n) is 13.6. The fraction of sp³-hybridized carbons (Fsp3) is 0.222. The van der Waals surface area contributed by atoms with Crippen LogP contribution in [0.25, 0.3) is 0 Å². The van der Waals surface area contributed by atoms with Crippen molar-refractivity contribution in [3.8, 4) is 11.5 Å². The molecule has 0 N–H and O–H groups in total. The molecular formula is C18H17BrO5. The molecule has 0 aliphatic heterocycles. The lowest BCUT2D eigenvalue weighted by atomic mass is 10.1. The Balaban J connectivity index is 2.06. The summed E-state index contributed by atoms with van der Waals surface area (Å²) in [6.45, 7) is 3.52. The standard InChI is InChI=1S/C18H17BrO5/c1-11-8-13(19)9-12(2)17(11)23-10-16(20)24-15-7-5-4-6-14(15)18(21)22-3/h4-9H,10H2,1-3H3. The van der Waals surface area contributed by atoms with Crippen LogP contribution >= 0.6 is 15.9 Å². The van der Waals surface area contributed by atoms with Gasteiger partial charge in [-0.05, 0) is 49.2 Å². The van der Waals surface area contributed by atoms with Gasteiger partial charge < -0.3 is 14.2 Å². The van der Waals surface area contributed by atoms with E-state index >= 15 is 0 Å². The molecule has 0 aromatic heterocycles. The molecule has 2 aromatic carbocycles. The summed E-state index contributed by atoms with van der Waals surface area (Å²) in [4.78, 5) is 23.7. The Morgan fingerprint density at radius 3 is 2.33 bits per heavy atom. The molecule has 2 rings (SSSR count). The number of para-hydroxylation sites is 1. The topological polar surface area (TPSA) is 61.8 Å². The highest BCUT2D eigenvalue weighted by Gasteiger charge is 2.16. The molecule has 0 saturated carbocycles. The molecule has 6 heteroatoms. The molecular weight excluding hydrogens is 376 g/mol. The van der Waals surface area contributed by atoms with Crippen LogP contribution < -0.4 is 9.47 Å². The monoisotopic (exact) mass is 392 g/mol. The third-order valence-corrected chi connectivity index (χ3v) is 3.73. The van der Waals surface area contributed by atoms with Gasteiger partial charge in [0.1, 0.15) is 17.1 Å². The van der Waals surface area contributed by atoms with E-state index in [2.05, 4.69) is 20.7 Å². The Labute approximate surface area is 148 Å². The Hall–Kier alpha value is -2.34. The van der Waals surface area contributed by atoms with Crippen molar-refractivity contribution in [3.63, 3.8) is 0 Å². The number of methoxy groups -OCH3 is 1. The van der Waals surface area contributed by atoms with E-state index in [1.54, 1.807) is 12.1 Å². The van der Waals surface area contributed by atoms with Gasteiger partial charge in [0.15, 0.2) is 6.61 Å². The van der Waals surface area contributed by atoms with E-state index in [1.165, 1.54) is 19.2 Å². The molecule has 24 heavy (non-hydrogen) atoms. The van der Waals surface area contributed by atoms with Gasteiger partial charge in [0, 0.05) is 4.47 Å². The van der Waals surface area contributed by atoms with Crippen LogP contribution in [0.2, 0.25) is 0 Å². The zero-order chi connectivity index (χ0) is 17.7. The Bertz CT molecular complexity index is 747. The number of benzene rings is 2. The number of halogens is 1. The van der Waals surface area contributed by atoms with Crippen LogP contribution in [0.15, 0.2) is 40.9 Å². The first-order valence-corrected chi connectivity index (χ1v) is 7.99. The molecule has 126 valence electrons. The largest absolute Gasteiger partial charge is 0.481 e. The molecule has 5 nitrogen and oxygen atoms in total. The van der Waals surface area contributed by atoms with Crippen LogP contribution in [0.1, 0.15) is 21.5 Å². The molecule has 0 saturated heterocycles. The van der Waals surface area contributed by atoms with E-state index in [9.17, 15) is 9.59 Å². The number of hydrogen-bond donors (Lipinski definition) is 0. The second-order valence-corrected chi connectivity index (χ2v) is 6.03. The SMILES string of the molecule is COC(=O)c1ccccc1OC(=O)COc1c(C)cc(Br)cc1C. The second-order valence-electron chi connectivity index (χ2n) is 5.12. The van der Waals surface area contributed by atoms with Crippen LogP contribution in [0.4, 0.5) is 0 Å². The van der Waals surface area contributed by atoms with Gasteiger partial charge in [-0.2, -0.15) is 0 Å². The Morgan fingerprint density at radius 2 is 1.71 bits per heavy atom. The summed E-state index contributed by atoms with van der Waals surface area (Å²) in [6.07, 6.45) is 0. The average Bonchev–Trinajstić information content (AvgIpc) is 2.53. The molecule has 2 aromatic rings. The van der Waals surface area contributed by atoms with Gasteiger partial charge in [-0.3, -0.25) is 0 Å². The van der Waals surface area contributed by atoms with Gasteiger partial charge in [0.25, 0.3) is 0 Å². The van der Waals surface area contributed by atoms with Crippen molar-refractivity contribution >= 4 is 27.9 Å². The molecule has 0 bridgehead atoms. The molecule has 0 fully saturated rings. The van der Waals surface area contributed by atoms with Gasteiger partial charge in [0.2, 0.25) is 0 Å². The molecule has 0 amide bonds. The maximum Gasteiger partial charge on any atom is 0.349 e. The number of esters is 2. The maximum absolute atomic E-state index is 12.0. The molecule has 0 spiro atoms. The van der Waals surface area contributed by atoms with Crippen LogP contribution in [0.5, 0.6) is 11.5 Å². The molecule has 0 heterocycles. The van der Waals surface area contributed by atoms with Crippen molar-refractivity contribution in [2.45, 2.75) is 13.8 Å². The first-order chi connectivity index (χ1) is 11.4. The van der Waals surface area contributed by atoms with Crippen molar-refractivity contribution in [2.75, 3.05) is 13.7 Å². The summed E-state index contributed by atoms with van der Waals surface area (Å²) < 4.78 is 16.4. The van der Waals surface area contributed by atoms with Crippen molar-refractivity contribution in [1.82, 2.24) is 0 Å². The fourth-order valence-corrected chi connectivity index (χ4v) is 2.93. The van der Waals surface area contributed by atoms with Crippen molar-refractivity contribution in [1.29, 1.82) is 0 Å². The predicted octanol–water partition coefficient (Wildman–Crippen LogP) is 3.84. The summed E-state index contributed by atoms with van der Waals surface area (Å²) in [5.41, 5.74) is 2.00. The number of aryl methyl sites for hydroxylation is 2. The van der Waals surface area contributed by atoms with E-state index in [0.717, 1.165) is 15.6 Å². The lowest BCUT2D eigenvalue weighted by Crippen LogP contribution is -2.19. The third-order valence-electron chi connectivity index (χ3n) is 3.28. The molecule has 0 unspecified atom stereocenters. The van der Waals surface area contributed by atoms with Crippen molar-refractivity contribution in [3.05, 3.63) is 57.6 Å². The number of carbonyl (C=O) groups is 2. The van der Waals surface area contributed by atoms with Gasteiger partial charge in [-0.25, -0.2) is 9.59 Å². The quantitative estimate of drug-likeness (QED) is 0.571. The first kappa shape index (κ1) is 18.0. The summed E-state index contributed by atoms with van der Waals surface area (Å²) in [5.74, 6) is -0.398. The van der Waals surface area contributed by atoms with Crippen LogP contribution in [0.3, 0.4) is 0 Å². The number of rotatable bonds is 5. The highest BCUT2D eigenvalue weighted by molar-refractivity contribution is 9.10. The minimum absolute atomic E-state index is 0.141. The van der Waals surface area contributed by atoms with Crippen LogP contribution in [-0.2, 0) is 9.53 Å². The van der Waals surface area contributed by atoms with E-state index in [-0.39, 0.29) is 17.9 Å². The maximum atomic E-state index is 12.0. The van der Waals surface area contributed by atoms with E-state index < -0.39 is 11.9 Å². The lowest BCUT2D eigenvalue weighted by molar-refractivity contribution is -0.136. The fourth-order valence-electron chi connectivity index (χ4n) is 2.24. The summed E-state index contributed by atoms with van der Waals surface area (Å²) in [7, 11) is 1.27. The average molecular weight is 393 g/mol. The Kier molecular flexibility index (Phi) is 5.98. The van der Waals surface area contributed by atoms with E-state index in [4.69, 9.17) is 9.47 Å². The molecule has 0 aliphatic carbocycles. The minimum Gasteiger partial charge on any atom is -0.481 e. The molecule has 0 atom stereocenters. The summed E-state index contributed by atoms with van der Waals surface area (Å²) >= 11 is 3.41. The van der Waals surface area contributed by atoms with Gasteiger partial charge in [-0.15, -0.1) is 0 Å². The Morgan fingerprint density at radius 1 is 1.08 bits per heavy atom. The second kappa shape index (κ2) is 7.97. The highest BCUT2D eigenvalue weighted by atomic mass is 79.9. The highest BCUT2D eigenvalue weighted by Crippen LogP contribution is 2.27. The third kappa shape index (κ3) is 4.35. The van der Waals surface area contributed by atoms with E-state index in [1.807, 2.05) is 26.0 Å². The zero-order valence-corrected chi connectivity index (χ0v) is 15.2. The van der Waals surface area contributed by atoms with Gasteiger partial charge in [-0.1, -0.05) is 28.1 Å². The predicted molar refractivity (Wildman–Crippen MR) is 92.5 cm³/mol. The molecule has 0 aliphatic rings. The lowest BCUT2D eigenvalue weighted by Gasteiger charge is -2.13. The first-order valence-electron chi connectivity index (χ1n) is 7.20. The normalized spacial score (nSPS) is 10.2. The van der Waals surface area contributed by atoms with Crippen LogP contribution in [-0.4, -0.2) is 25.7 Å². The summed E-state index contributed by atoms with van der Waals surface area (Å²) in [6, 6.07) is 10.2. The molecule has 0 radical (unpaired) electrons. The summed E-state index contributed by atoms with van der Waals surface area (Å²) in [5, 5.41) is 0.